The number of hydrogen-bond donors (Lipinski definition) is 3. The number of fused-ring (bicyclic) bond motifs is 1. The van der Waals surface area contributed by atoms with Crippen LogP contribution in [0.25, 0.3) is 0 Å². The molecule has 0 aromatic heterocycles. The van der Waals surface area contributed by atoms with Crippen LogP contribution in [0.2, 0.25) is 0 Å². The largest absolute Gasteiger partial charge is 0.508 e. The molecule has 0 fully saturated rings. The van der Waals surface area contributed by atoms with E-state index in [1.54, 1.807) is 23.1 Å². The van der Waals surface area contributed by atoms with E-state index in [1.165, 1.54) is 37.4 Å². The first-order valence-corrected chi connectivity index (χ1v) is 9.94. The van der Waals surface area contributed by atoms with E-state index >= 15 is 0 Å². The summed E-state index contributed by atoms with van der Waals surface area (Å²) in [5.41, 5.74) is 3.60. The number of nitrogens with zero attached hydrogens (tertiary/aromatic N) is 1. The van der Waals surface area contributed by atoms with E-state index in [4.69, 9.17) is 4.74 Å². The lowest BCUT2D eigenvalue weighted by Crippen LogP contribution is -2.26. The highest BCUT2D eigenvalue weighted by Gasteiger charge is 2.32. The molecule has 1 amide bonds. The Bertz CT molecular complexity index is 1120. The van der Waals surface area contributed by atoms with Gasteiger partial charge >= 0.3 is 0 Å². The number of halogens is 1. The molecule has 0 atom stereocenters. The van der Waals surface area contributed by atoms with Crippen LogP contribution in [0.3, 0.4) is 0 Å². The lowest BCUT2D eigenvalue weighted by Gasteiger charge is -2.16. The highest BCUT2D eigenvalue weighted by molar-refractivity contribution is 6.02. The molecule has 0 spiro atoms. The van der Waals surface area contributed by atoms with Gasteiger partial charge in [-0.3, -0.25) is 4.79 Å². The predicted molar refractivity (Wildman–Crippen MR) is 115 cm³/mol. The number of amides is 1. The maximum atomic E-state index is 13.1. The quantitative estimate of drug-likeness (QED) is 0.501. The average Bonchev–Trinajstić information content (AvgIpc) is 3.10. The predicted octanol–water partition coefficient (Wildman–Crippen LogP) is 4.06. The zero-order chi connectivity index (χ0) is 22.0. The lowest BCUT2D eigenvalue weighted by molar-refractivity contribution is 0.0778. The number of phenols is 2. The topological polar surface area (TPSA) is 82.0 Å². The third-order valence-electron chi connectivity index (χ3n) is 5.46. The van der Waals surface area contributed by atoms with Crippen molar-refractivity contribution in [2.24, 2.45) is 0 Å². The van der Waals surface area contributed by atoms with Crippen molar-refractivity contribution in [1.29, 1.82) is 0 Å². The van der Waals surface area contributed by atoms with Crippen LogP contribution in [-0.2, 0) is 19.5 Å². The second kappa shape index (κ2) is 8.55. The van der Waals surface area contributed by atoms with E-state index in [9.17, 15) is 19.4 Å². The molecule has 3 aromatic carbocycles. The summed E-state index contributed by atoms with van der Waals surface area (Å²) < 4.78 is 18.5. The Kier molecular flexibility index (Phi) is 5.66. The monoisotopic (exact) mass is 422 g/mol. The average molecular weight is 422 g/mol. The smallest absolute Gasteiger partial charge is 0.258 e. The van der Waals surface area contributed by atoms with Crippen LogP contribution in [0, 0.1) is 5.82 Å². The van der Waals surface area contributed by atoms with Crippen molar-refractivity contribution in [3.8, 4) is 17.2 Å². The summed E-state index contributed by atoms with van der Waals surface area (Å²) in [6.45, 7) is 1.19. The van der Waals surface area contributed by atoms with Gasteiger partial charge in [0.15, 0.2) is 0 Å². The first-order chi connectivity index (χ1) is 15.0. The zero-order valence-electron chi connectivity index (χ0n) is 17.1. The highest BCUT2D eigenvalue weighted by atomic mass is 19.1. The standard InChI is InChI=1S/C24H23FN2O4/c1-31-22-9-7-20(26-13-16-12-18(28)6-8-21(16)29)19-14-27(24(30)23(19)22)11-10-15-2-4-17(25)5-3-15/h2-9,12,26,28-29H,10-11,13-14H2,1H3. The van der Waals surface area contributed by atoms with Gasteiger partial charge in [0.25, 0.3) is 5.91 Å². The first kappa shape index (κ1) is 20.5. The van der Waals surface area contributed by atoms with E-state index in [0.717, 1.165) is 16.8 Å². The third kappa shape index (κ3) is 4.26. The van der Waals surface area contributed by atoms with Crippen molar-refractivity contribution in [3.63, 3.8) is 0 Å². The van der Waals surface area contributed by atoms with Gasteiger partial charge in [-0.2, -0.15) is 0 Å². The molecule has 160 valence electrons. The fourth-order valence-electron chi connectivity index (χ4n) is 3.78. The highest BCUT2D eigenvalue weighted by Crippen LogP contribution is 2.36. The van der Waals surface area contributed by atoms with E-state index in [1.807, 2.05) is 6.07 Å². The fourth-order valence-corrected chi connectivity index (χ4v) is 3.78. The van der Waals surface area contributed by atoms with Crippen LogP contribution in [0.15, 0.2) is 54.6 Å². The van der Waals surface area contributed by atoms with Crippen molar-refractivity contribution < 1.29 is 24.1 Å². The van der Waals surface area contributed by atoms with Gasteiger partial charge < -0.3 is 25.2 Å². The molecule has 31 heavy (non-hydrogen) atoms. The summed E-state index contributed by atoms with van der Waals surface area (Å²) in [4.78, 5) is 14.8. The van der Waals surface area contributed by atoms with Crippen molar-refractivity contribution in [2.45, 2.75) is 19.5 Å². The molecule has 0 saturated heterocycles. The molecular formula is C24H23FN2O4. The summed E-state index contributed by atoms with van der Waals surface area (Å²) >= 11 is 0. The number of phenolic OH excluding ortho intramolecular Hbond substituents is 2. The van der Waals surface area contributed by atoms with Gasteiger partial charge in [-0.25, -0.2) is 4.39 Å². The summed E-state index contributed by atoms with van der Waals surface area (Å²) in [5.74, 6) is 0.253. The molecule has 0 saturated carbocycles. The van der Waals surface area contributed by atoms with Crippen molar-refractivity contribution in [2.75, 3.05) is 19.0 Å². The fraction of sp³-hybridized carbons (Fsp3) is 0.208. The summed E-state index contributed by atoms with van der Waals surface area (Å²) in [6, 6.07) is 14.2. The van der Waals surface area contributed by atoms with Gasteiger partial charge in [0, 0.05) is 36.4 Å². The number of nitrogens with one attached hydrogen (secondary N) is 1. The number of rotatable bonds is 7. The molecule has 0 bridgehead atoms. The zero-order valence-corrected chi connectivity index (χ0v) is 17.1. The van der Waals surface area contributed by atoms with Gasteiger partial charge in [-0.05, 0) is 54.4 Å². The van der Waals surface area contributed by atoms with Gasteiger partial charge in [0.05, 0.1) is 12.7 Å². The molecule has 0 aliphatic carbocycles. The van der Waals surface area contributed by atoms with Gasteiger partial charge in [0.1, 0.15) is 23.1 Å². The van der Waals surface area contributed by atoms with Crippen LogP contribution in [0.4, 0.5) is 10.1 Å². The molecule has 1 aliphatic rings. The maximum Gasteiger partial charge on any atom is 0.258 e. The summed E-state index contributed by atoms with van der Waals surface area (Å²) in [7, 11) is 1.53. The minimum Gasteiger partial charge on any atom is -0.508 e. The van der Waals surface area contributed by atoms with Crippen LogP contribution in [0.1, 0.15) is 27.0 Å². The van der Waals surface area contributed by atoms with Crippen LogP contribution in [-0.4, -0.2) is 34.7 Å². The van der Waals surface area contributed by atoms with E-state index in [0.29, 0.717) is 36.4 Å². The Morgan fingerprint density at radius 1 is 1.10 bits per heavy atom. The number of methoxy groups -OCH3 is 1. The Labute approximate surface area is 179 Å². The molecule has 3 aromatic rings. The Morgan fingerprint density at radius 3 is 2.61 bits per heavy atom. The molecule has 3 N–H and O–H groups in total. The number of anilines is 1. The molecule has 4 rings (SSSR count). The number of carbonyl (C=O) groups is 1. The second-order valence-corrected chi connectivity index (χ2v) is 7.44. The number of ether oxygens (including phenoxy) is 1. The normalized spacial score (nSPS) is 12.7. The van der Waals surface area contributed by atoms with Crippen LogP contribution >= 0.6 is 0 Å². The Hall–Kier alpha value is -3.74. The Balaban J connectivity index is 1.53. The minimum absolute atomic E-state index is 0.0664. The molecule has 7 heteroatoms. The molecule has 1 aliphatic heterocycles. The summed E-state index contributed by atoms with van der Waals surface area (Å²) in [5, 5.41) is 22.9. The Morgan fingerprint density at radius 2 is 1.87 bits per heavy atom. The van der Waals surface area contributed by atoms with Gasteiger partial charge in [-0.15, -0.1) is 0 Å². The van der Waals surface area contributed by atoms with Gasteiger partial charge in [-0.1, -0.05) is 12.1 Å². The van der Waals surface area contributed by atoms with E-state index in [-0.39, 0.29) is 29.8 Å². The third-order valence-corrected chi connectivity index (χ3v) is 5.46. The van der Waals surface area contributed by atoms with Gasteiger partial charge in [0.2, 0.25) is 0 Å². The van der Waals surface area contributed by atoms with Crippen LogP contribution in [0.5, 0.6) is 17.2 Å². The van der Waals surface area contributed by atoms with Crippen LogP contribution < -0.4 is 10.1 Å². The summed E-state index contributed by atoms with van der Waals surface area (Å²) in [6.07, 6.45) is 0.613. The molecule has 1 heterocycles. The minimum atomic E-state index is -0.286. The SMILES string of the molecule is COc1ccc(NCc2cc(O)ccc2O)c2c1C(=O)N(CCc1ccc(F)cc1)C2. The van der Waals surface area contributed by atoms with Crippen molar-refractivity contribution in [1.82, 2.24) is 4.90 Å². The number of hydrogen-bond acceptors (Lipinski definition) is 5. The molecule has 0 radical (unpaired) electrons. The maximum absolute atomic E-state index is 13.1. The lowest BCUT2D eigenvalue weighted by atomic mass is 10.1. The number of benzene rings is 3. The molecular weight excluding hydrogens is 399 g/mol. The van der Waals surface area contributed by atoms with Crippen molar-refractivity contribution >= 4 is 11.6 Å². The molecule has 6 nitrogen and oxygen atoms in total. The van der Waals surface area contributed by atoms with Crippen molar-refractivity contribution in [3.05, 3.63) is 82.7 Å². The number of aromatic hydroxyl groups is 2. The first-order valence-electron chi connectivity index (χ1n) is 9.94. The van der Waals surface area contributed by atoms with E-state index < -0.39 is 0 Å². The van der Waals surface area contributed by atoms with E-state index in [2.05, 4.69) is 5.32 Å². The number of carbonyl (C=O) groups excluding carboxylic acids is 1. The molecule has 0 unspecified atom stereocenters. The second-order valence-electron chi connectivity index (χ2n) is 7.44.